The highest BCUT2D eigenvalue weighted by Gasteiger charge is 2.08. The number of halogens is 1. The first kappa shape index (κ1) is 12.8. The highest BCUT2D eigenvalue weighted by molar-refractivity contribution is 6.17. The van der Waals surface area contributed by atoms with E-state index in [1.54, 1.807) is 30.1 Å². The molecule has 0 unspecified atom stereocenters. The Hall–Kier alpha value is -1.22. The molecule has 0 fully saturated rings. The molecule has 1 amide bonds. The first-order chi connectivity index (χ1) is 7.63. The molecule has 3 nitrogen and oxygen atoms in total. The Morgan fingerprint density at radius 2 is 2.25 bits per heavy atom. The monoisotopic (exact) mass is 241 g/mol. The average molecular weight is 242 g/mol. The molecule has 1 aromatic rings. The number of amides is 1. The summed E-state index contributed by atoms with van der Waals surface area (Å²) in [6.45, 7) is 0.509. The fourth-order valence-corrected chi connectivity index (χ4v) is 1.56. The van der Waals surface area contributed by atoms with E-state index in [1.165, 1.54) is 0 Å². The van der Waals surface area contributed by atoms with Crippen LogP contribution in [0.3, 0.4) is 0 Å². The van der Waals surface area contributed by atoms with Crippen molar-refractivity contribution in [3.05, 3.63) is 29.8 Å². The van der Waals surface area contributed by atoms with E-state index in [0.717, 1.165) is 5.56 Å². The van der Waals surface area contributed by atoms with Gasteiger partial charge in [-0.3, -0.25) is 4.79 Å². The molecule has 0 spiro atoms. The molecule has 0 bridgehead atoms. The minimum atomic E-state index is 0.0731. The lowest BCUT2D eigenvalue weighted by Crippen LogP contribution is -2.25. The number of nitrogens with zero attached hydrogens (tertiary/aromatic N) is 1. The number of carbonyl (C=O) groups excluding carboxylic acids is 1. The Bertz CT molecular complexity index is 355. The van der Waals surface area contributed by atoms with Crippen LogP contribution in [-0.4, -0.2) is 28.8 Å². The minimum absolute atomic E-state index is 0.0731. The molecule has 0 aliphatic rings. The third-order valence-electron chi connectivity index (χ3n) is 2.28. The number of aromatic hydroxyl groups is 1. The molecule has 1 rings (SSSR count). The van der Waals surface area contributed by atoms with Gasteiger partial charge in [0.15, 0.2) is 0 Å². The molecule has 16 heavy (non-hydrogen) atoms. The fraction of sp³-hybridized carbons (Fsp3) is 0.417. The summed E-state index contributed by atoms with van der Waals surface area (Å²) in [4.78, 5) is 13.2. The van der Waals surface area contributed by atoms with Crippen LogP contribution in [0.25, 0.3) is 0 Å². The van der Waals surface area contributed by atoms with Gasteiger partial charge < -0.3 is 10.0 Å². The summed E-state index contributed by atoms with van der Waals surface area (Å²) < 4.78 is 0. The normalized spacial score (nSPS) is 10.1. The zero-order chi connectivity index (χ0) is 12.0. The number of alkyl halides is 1. The molecule has 1 aromatic carbocycles. The van der Waals surface area contributed by atoms with E-state index in [2.05, 4.69) is 0 Å². The largest absolute Gasteiger partial charge is 0.508 e. The van der Waals surface area contributed by atoms with Gasteiger partial charge in [0.1, 0.15) is 5.75 Å². The van der Waals surface area contributed by atoms with Crippen LogP contribution in [0.5, 0.6) is 5.75 Å². The van der Waals surface area contributed by atoms with E-state index < -0.39 is 0 Å². The van der Waals surface area contributed by atoms with Crippen molar-refractivity contribution in [1.29, 1.82) is 0 Å². The maximum Gasteiger partial charge on any atom is 0.222 e. The van der Waals surface area contributed by atoms with Gasteiger partial charge in [-0.2, -0.15) is 0 Å². The van der Waals surface area contributed by atoms with Crippen LogP contribution in [0, 0.1) is 0 Å². The maximum absolute atomic E-state index is 11.6. The summed E-state index contributed by atoms with van der Waals surface area (Å²) >= 11 is 5.53. The molecular weight excluding hydrogens is 226 g/mol. The SMILES string of the molecule is CN(Cc1cccc(O)c1)C(=O)CCCCl. The summed E-state index contributed by atoms with van der Waals surface area (Å²) in [7, 11) is 1.75. The summed E-state index contributed by atoms with van der Waals surface area (Å²) in [5.74, 6) is 0.800. The Morgan fingerprint density at radius 3 is 2.88 bits per heavy atom. The third-order valence-corrected chi connectivity index (χ3v) is 2.55. The van der Waals surface area contributed by atoms with E-state index in [-0.39, 0.29) is 11.7 Å². The molecular formula is C12H16ClNO2. The number of benzene rings is 1. The van der Waals surface area contributed by atoms with Crippen molar-refractivity contribution < 1.29 is 9.90 Å². The van der Waals surface area contributed by atoms with Crippen LogP contribution in [-0.2, 0) is 11.3 Å². The number of phenols is 1. The van der Waals surface area contributed by atoms with E-state index in [4.69, 9.17) is 11.6 Å². The van der Waals surface area contributed by atoms with Crippen molar-refractivity contribution in [2.45, 2.75) is 19.4 Å². The van der Waals surface area contributed by atoms with Crippen molar-refractivity contribution >= 4 is 17.5 Å². The first-order valence-corrected chi connectivity index (χ1v) is 5.75. The van der Waals surface area contributed by atoms with Crippen molar-refractivity contribution in [1.82, 2.24) is 4.90 Å². The van der Waals surface area contributed by atoms with Gasteiger partial charge in [0, 0.05) is 25.9 Å². The molecule has 1 N–H and O–H groups in total. The third kappa shape index (κ3) is 4.11. The van der Waals surface area contributed by atoms with Crippen molar-refractivity contribution in [3.8, 4) is 5.75 Å². The van der Waals surface area contributed by atoms with Crippen LogP contribution in [0.2, 0.25) is 0 Å². The molecule has 0 atom stereocenters. The Balaban J connectivity index is 2.50. The van der Waals surface area contributed by atoms with Crippen LogP contribution < -0.4 is 0 Å². The Labute approximate surface area is 101 Å². The van der Waals surface area contributed by atoms with Crippen molar-refractivity contribution in [3.63, 3.8) is 0 Å². The van der Waals surface area contributed by atoms with Gasteiger partial charge >= 0.3 is 0 Å². The quantitative estimate of drug-likeness (QED) is 0.804. The molecule has 0 saturated carbocycles. The molecule has 0 radical (unpaired) electrons. The van der Waals surface area contributed by atoms with Gasteiger partial charge in [-0.1, -0.05) is 12.1 Å². The minimum Gasteiger partial charge on any atom is -0.508 e. The van der Waals surface area contributed by atoms with Crippen molar-refractivity contribution in [2.24, 2.45) is 0 Å². The lowest BCUT2D eigenvalue weighted by Gasteiger charge is -2.17. The zero-order valence-corrected chi connectivity index (χ0v) is 10.1. The van der Waals surface area contributed by atoms with Gasteiger partial charge in [0.25, 0.3) is 0 Å². The zero-order valence-electron chi connectivity index (χ0n) is 9.32. The molecule has 4 heteroatoms. The second kappa shape index (κ2) is 6.38. The van der Waals surface area contributed by atoms with Gasteiger partial charge in [0.2, 0.25) is 5.91 Å². The van der Waals surface area contributed by atoms with Gasteiger partial charge in [-0.05, 0) is 24.1 Å². The number of phenolic OH excluding ortho intramolecular Hbond substituents is 1. The highest BCUT2D eigenvalue weighted by atomic mass is 35.5. The van der Waals surface area contributed by atoms with Crippen LogP contribution >= 0.6 is 11.6 Å². The smallest absolute Gasteiger partial charge is 0.222 e. The number of hydrogen-bond donors (Lipinski definition) is 1. The predicted octanol–water partition coefficient (Wildman–Crippen LogP) is 2.37. The van der Waals surface area contributed by atoms with E-state index in [9.17, 15) is 9.90 Å². The van der Waals surface area contributed by atoms with Gasteiger partial charge in [-0.25, -0.2) is 0 Å². The summed E-state index contributed by atoms with van der Waals surface area (Å²) in [6, 6.07) is 6.91. The maximum atomic E-state index is 11.6. The van der Waals surface area contributed by atoms with E-state index in [1.807, 2.05) is 6.07 Å². The average Bonchev–Trinajstić information content (AvgIpc) is 2.25. The molecule has 0 aromatic heterocycles. The van der Waals surface area contributed by atoms with Crippen molar-refractivity contribution in [2.75, 3.05) is 12.9 Å². The van der Waals surface area contributed by atoms with Crippen LogP contribution in [0.1, 0.15) is 18.4 Å². The van der Waals surface area contributed by atoms with E-state index in [0.29, 0.717) is 25.3 Å². The van der Waals surface area contributed by atoms with Crippen LogP contribution in [0.4, 0.5) is 0 Å². The second-order valence-corrected chi connectivity index (χ2v) is 4.09. The van der Waals surface area contributed by atoms with E-state index >= 15 is 0 Å². The van der Waals surface area contributed by atoms with Crippen LogP contribution in [0.15, 0.2) is 24.3 Å². The number of carbonyl (C=O) groups is 1. The standard InChI is InChI=1S/C12H16ClNO2/c1-14(12(16)6-3-7-13)9-10-4-2-5-11(15)8-10/h2,4-5,8,15H,3,6-7,9H2,1H3. The fourth-order valence-electron chi connectivity index (χ4n) is 1.43. The molecule has 0 aliphatic heterocycles. The number of rotatable bonds is 5. The second-order valence-electron chi connectivity index (χ2n) is 3.71. The number of hydrogen-bond acceptors (Lipinski definition) is 2. The lowest BCUT2D eigenvalue weighted by atomic mass is 10.2. The first-order valence-electron chi connectivity index (χ1n) is 5.21. The summed E-state index contributed by atoms with van der Waals surface area (Å²) in [5, 5.41) is 9.29. The molecule has 0 saturated heterocycles. The topological polar surface area (TPSA) is 40.5 Å². The Morgan fingerprint density at radius 1 is 1.50 bits per heavy atom. The lowest BCUT2D eigenvalue weighted by molar-refractivity contribution is -0.130. The highest BCUT2D eigenvalue weighted by Crippen LogP contribution is 2.12. The Kier molecular flexibility index (Phi) is 5.12. The molecule has 88 valence electrons. The summed E-state index contributed by atoms with van der Waals surface area (Å²) in [5.41, 5.74) is 0.918. The molecule has 0 heterocycles. The summed E-state index contributed by atoms with van der Waals surface area (Å²) in [6.07, 6.45) is 1.17. The molecule has 0 aliphatic carbocycles. The van der Waals surface area contributed by atoms with Gasteiger partial charge in [-0.15, -0.1) is 11.6 Å². The predicted molar refractivity (Wildman–Crippen MR) is 64.5 cm³/mol. The van der Waals surface area contributed by atoms with Gasteiger partial charge in [0.05, 0.1) is 0 Å².